The number of amides is 1. The maximum atomic E-state index is 12.5. The fourth-order valence-corrected chi connectivity index (χ4v) is 3.14. The lowest BCUT2D eigenvalue weighted by Gasteiger charge is -2.13. The summed E-state index contributed by atoms with van der Waals surface area (Å²) in [6.45, 7) is 4.44. The van der Waals surface area contributed by atoms with E-state index in [1.807, 2.05) is 56.3 Å². The Labute approximate surface area is 160 Å². The summed E-state index contributed by atoms with van der Waals surface area (Å²) in [5.74, 6) is -0.0172. The first-order valence-electron chi connectivity index (χ1n) is 9.28. The van der Waals surface area contributed by atoms with E-state index in [4.69, 9.17) is 0 Å². The van der Waals surface area contributed by atoms with Crippen molar-refractivity contribution in [2.24, 2.45) is 0 Å². The minimum atomic E-state index is -0.253. The molecule has 0 heterocycles. The molecule has 0 unspecified atom stereocenters. The standard InChI is InChI=1S/C24H25NO2/c1-17(2)21-12-7-13-22(23(21)26)24(27)25-16-18-8-6-11-20(15-14-18)19-9-4-3-5-10-19/h3-13,15,17,26H,14,16H2,1-2H3,(H,25,27). The summed E-state index contributed by atoms with van der Waals surface area (Å²) in [6.07, 6.45) is 9.09. The number of carbonyl (C=O) groups excluding carboxylic acids is 1. The third-order valence-corrected chi connectivity index (χ3v) is 4.71. The van der Waals surface area contributed by atoms with Crippen molar-refractivity contribution in [3.05, 3.63) is 95.1 Å². The number of carbonyl (C=O) groups is 1. The van der Waals surface area contributed by atoms with Crippen LogP contribution in [-0.4, -0.2) is 17.6 Å². The van der Waals surface area contributed by atoms with Crippen molar-refractivity contribution in [2.75, 3.05) is 6.54 Å². The van der Waals surface area contributed by atoms with Gasteiger partial charge in [-0.3, -0.25) is 4.79 Å². The first-order valence-corrected chi connectivity index (χ1v) is 9.28. The van der Waals surface area contributed by atoms with E-state index in [-0.39, 0.29) is 17.6 Å². The molecule has 0 bridgehead atoms. The van der Waals surface area contributed by atoms with Crippen molar-refractivity contribution in [1.82, 2.24) is 5.32 Å². The van der Waals surface area contributed by atoms with Crippen molar-refractivity contribution >= 4 is 11.5 Å². The van der Waals surface area contributed by atoms with Crippen LogP contribution in [0.4, 0.5) is 0 Å². The summed E-state index contributed by atoms with van der Waals surface area (Å²) in [4.78, 5) is 12.5. The SMILES string of the molecule is CC(C)c1cccc(C(=O)NCC2=CC=CC(c3ccccc3)=CC2)c1O. The normalized spacial score (nSPS) is 13.7. The number of rotatable bonds is 5. The number of allylic oxidation sites excluding steroid dienone is 5. The number of hydrogen-bond donors (Lipinski definition) is 2. The Morgan fingerprint density at radius 2 is 1.89 bits per heavy atom. The smallest absolute Gasteiger partial charge is 0.255 e. The Kier molecular flexibility index (Phi) is 5.92. The van der Waals surface area contributed by atoms with Gasteiger partial charge in [0.05, 0.1) is 5.56 Å². The van der Waals surface area contributed by atoms with Gasteiger partial charge < -0.3 is 10.4 Å². The minimum Gasteiger partial charge on any atom is -0.507 e. The van der Waals surface area contributed by atoms with Gasteiger partial charge in [0.1, 0.15) is 5.75 Å². The van der Waals surface area contributed by atoms with Crippen LogP contribution < -0.4 is 5.32 Å². The highest BCUT2D eigenvalue weighted by Gasteiger charge is 2.16. The van der Waals surface area contributed by atoms with Crippen LogP contribution in [0.2, 0.25) is 0 Å². The molecule has 2 aromatic rings. The summed E-state index contributed by atoms with van der Waals surface area (Å²) in [6, 6.07) is 15.6. The van der Waals surface area contributed by atoms with Crippen LogP contribution in [0, 0.1) is 0 Å². The van der Waals surface area contributed by atoms with Gasteiger partial charge in [-0.15, -0.1) is 0 Å². The Balaban J connectivity index is 1.65. The average Bonchev–Trinajstić information content (AvgIpc) is 2.92. The second-order valence-electron chi connectivity index (χ2n) is 6.99. The van der Waals surface area contributed by atoms with Crippen LogP contribution in [0.1, 0.15) is 47.7 Å². The van der Waals surface area contributed by atoms with Crippen LogP contribution in [0.5, 0.6) is 5.75 Å². The summed E-state index contributed by atoms with van der Waals surface area (Å²) < 4.78 is 0. The molecule has 3 nitrogen and oxygen atoms in total. The van der Waals surface area contributed by atoms with Gasteiger partial charge >= 0.3 is 0 Å². The van der Waals surface area contributed by atoms with Crippen LogP contribution >= 0.6 is 0 Å². The van der Waals surface area contributed by atoms with E-state index in [1.165, 1.54) is 11.1 Å². The van der Waals surface area contributed by atoms with E-state index in [1.54, 1.807) is 6.07 Å². The summed E-state index contributed by atoms with van der Waals surface area (Å²) in [5, 5.41) is 13.3. The fraction of sp³-hybridized carbons (Fsp3) is 0.208. The van der Waals surface area contributed by atoms with Crippen LogP contribution in [0.3, 0.4) is 0 Å². The second kappa shape index (κ2) is 8.54. The molecule has 3 rings (SSSR count). The molecule has 2 aromatic carbocycles. The molecular weight excluding hydrogens is 334 g/mol. The molecule has 0 radical (unpaired) electrons. The van der Waals surface area contributed by atoms with E-state index < -0.39 is 0 Å². The monoisotopic (exact) mass is 359 g/mol. The van der Waals surface area contributed by atoms with E-state index in [9.17, 15) is 9.90 Å². The molecule has 0 fully saturated rings. The zero-order chi connectivity index (χ0) is 19.2. The molecule has 27 heavy (non-hydrogen) atoms. The molecule has 1 aliphatic rings. The number of para-hydroxylation sites is 1. The highest BCUT2D eigenvalue weighted by atomic mass is 16.3. The van der Waals surface area contributed by atoms with Crippen LogP contribution in [0.15, 0.2) is 78.4 Å². The highest BCUT2D eigenvalue weighted by Crippen LogP contribution is 2.28. The van der Waals surface area contributed by atoms with Crippen LogP contribution in [0.25, 0.3) is 5.57 Å². The quantitative estimate of drug-likeness (QED) is 0.769. The zero-order valence-electron chi connectivity index (χ0n) is 15.8. The summed E-state index contributed by atoms with van der Waals surface area (Å²) in [7, 11) is 0. The van der Waals surface area contributed by atoms with Crippen molar-refractivity contribution < 1.29 is 9.90 Å². The highest BCUT2D eigenvalue weighted by molar-refractivity contribution is 5.97. The Morgan fingerprint density at radius 3 is 2.63 bits per heavy atom. The molecular formula is C24H25NO2. The van der Waals surface area contributed by atoms with Crippen molar-refractivity contribution in [3.8, 4) is 5.75 Å². The number of benzene rings is 2. The topological polar surface area (TPSA) is 49.3 Å². The van der Waals surface area contributed by atoms with Crippen molar-refractivity contribution in [3.63, 3.8) is 0 Å². The van der Waals surface area contributed by atoms with E-state index in [2.05, 4.69) is 29.6 Å². The third kappa shape index (κ3) is 4.56. The number of nitrogens with one attached hydrogen (secondary N) is 1. The van der Waals surface area contributed by atoms with Gasteiger partial charge in [0.15, 0.2) is 0 Å². The molecule has 0 saturated heterocycles. The molecule has 0 aromatic heterocycles. The number of hydrogen-bond acceptors (Lipinski definition) is 2. The number of aromatic hydroxyl groups is 1. The van der Waals surface area contributed by atoms with Crippen molar-refractivity contribution in [2.45, 2.75) is 26.2 Å². The van der Waals surface area contributed by atoms with Gasteiger partial charge in [-0.2, -0.15) is 0 Å². The summed E-state index contributed by atoms with van der Waals surface area (Å²) in [5.41, 5.74) is 4.59. The van der Waals surface area contributed by atoms with Gasteiger partial charge in [-0.05, 0) is 40.7 Å². The van der Waals surface area contributed by atoms with Gasteiger partial charge in [0.2, 0.25) is 0 Å². The predicted molar refractivity (Wildman–Crippen MR) is 111 cm³/mol. The molecule has 2 N–H and O–H groups in total. The zero-order valence-corrected chi connectivity index (χ0v) is 15.8. The number of phenols is 1. The first kappa shape index (κ1) is 18.7. The lowest BCUT2D eigenvalue weighted by Crippen LogP contribution is -2.25. The maximum Gasteiger partial charge on any atom is 0.255 e. The lowest BCUT2D eigenvalue weighted by molar-refractivity contribution is 0.0954. The maximum absolute atomic E-state index is 12.5. The minimum absolute atomic E-state index is 0.0750. The first-order chi connectivity index (χ1) is 13.1. The molecule has 1 amide bonds. The molecule has 0 spiro atoms. The number of phenolic OH excluding ortho intramolecular Hbond substituents is 1. The largest absolute Gasteiger partial charge is 0.507 e. The second-order valence-corrected chi connectivity index (χ2v) is 6.99. The summed E-state index contributed by atoms with van der Waals surface area (Å²) >= 11 is 0. The Morgan fingerprint density at radius 1 is 1.11 bits per heavy atom. The average molecular weight is 359 g/mol. The van der Waals surface area contributed by atoms with Crippen LogP contribution in [-0.2, 0) is 0 Å². The van der Waals surface area contributed by atoms with Gasteiger partial charge in [0.25, 0.3) is 5.91 Å². The predicted octanol–water partition coefficient (Wildman–Crippen LogP) is 5.22. The van der Waals surface area contributed by atoms with Gasteiger partial charge in [-0.1, -0.05) is 80.6 Å². The Bertz CT molecular complexity index is 905. The van der Waals surface area contributed by atoms with E-state index >= 15 is 0 Å². The molecule has 0 aliphatic heterocycles. The van der Waals surface area contributed by atoms with Crippen molar-refractivity contribution in [1.29, 1.82) is 0 Å². The molecule has 138 valence electrons. The molecule has 0 saturated carbocycles. The Hall–Kier alpha value is -3.07. The third-order valence-electron chi connectivity index (χ3n) is 4.71. The lowest BCUT2D eigenvalue weighted by atomic mass is 9.99. The molecule has 0 atom stereocenters. The molecule has 3 heteroatoms. The van der Waals surface area contributed by atoms with E-state index in [0.29, 0.717) is 12.1 Å². The fourth-order valence-electron chi connectivity index (χ4n) is 3.14. The van der Waals surface area contributed by atoms with Gasteiger partial charge in [0, 0.05) is 6.54 Å². The van der Waals surface area contributed by atoms with E-state index in [0.717, 1.165) is 17.6 Å². The molecule has 1 aliphatic carbocycles. The van der Waals surface area contributed by atoms with Gasteiger partial charge in [-0.25, -0.2) is 0 Å².